The molecule has 1 heterocycles. The maximum atomic E-state index is 11.7. The second-order valence-electron chi connectivity index (χ2n) is 4.98. The number of hydrogen-bond acceptors (Lipinski definition) is 3. The number of nitrogens with one attached hydrogen (secondary N) is 1. The standard InChI is InChI=1S/C15H19ClN2O2/c1-12-6-7-13(10-18-12)20-9-5-4-8-17-14(19)15(2,3)11-16/h6-7,10H,8-9,11H2,1-3H3,(H,17,19). The SMILES string of the molecule is Cc1ccc(OCC#CCNC(=O)C(C)(C)CCl)cn1. The molecule has 0 saturated heterocycles. The minimum Gasteiger partial charge on any atom is -0.479 e. The molecule has 0 aromatic carbocycles. The molecule has 1 rings (SSSR count). The van der Waals surface area contributed by atoms with E-state index >= 15 is 0 Å². The minimum absolute atomic E-state index is 0.106. The number of pyridine rings is 1. The quantitative estimate of drug-likeness (QED) is 0.669. The molecule has 4 nitrogen and oxygen atoms in total. The van der Waals surface area contributed by atoms with E-state index in [2.05, 4.69) is 22.1 Å². The number of aromatic nitrogens is 1. The molecule has 1 aromatic rings. The molecule has 108 valence electrons. The van der Waals surface area contributed by atoms with Crippen molar-refractivity contribution in [2.24, 2.45) is 5.41 Å². The first-order chi connectivity index (χ1) is 9.45. The van der Waals surface area contributed by atoms with E-state index in [1.807, 2.05) is 19.1 Å². The highest BCUT2D eigenvalue weighted by Gasteiger charge is 2.25. The van der Waals surface area contributed by atoms with Gasteiger partial charge in [0, 0.05) is 11.6 Å². The predicted octanol–water partition coefficient (Wildman–Crippen LogP) is 2.15. The Morgan fingerprint density at radius 2 is 2.20 bits per heavy atom. The van der Waals surface area contributed by atoms with Crippen molar-refractivity contribution >= 4 is 17.5 Å². The lowest BCUT2D eigenvalue weighted by Crippen LogP contribution is -2.38. The Hall–Kier alpha value is -1.73. The van der Waals surface area contributed by atoms with E-state index in [0.29, 0.717) is 5.75 Å². The van der Waals surface area contributed by atoms with E-state index in [-0.39, 0.29) is 24.9 Å². The number of ether oxygens (including phenoxy) is 1. The summed E-state index contributed by atoms with van der Waals surface area (Å²) >= 11 is 5.71. The number of hydrogen-bond donors (Lipinski definition) is 1. The monoisotopic (exact) mass is 294 g/mol. The summed E-state index contributed by atoms with van der Waals surface area (Å²) in [6.07, 6.45) is 1.65. The van der Waals surface area contributed by atoms with E-state index < -0.39 is 5.41 Å². The second kappa shape index (κ2) is 7.76. The lowest BCUT2D eigenvalue weighted by atomic mass is 9.95. The lowest BCUT2D eigenvalue weighted by molar-refractivity contribution is -0.128. The molecule has 1 aromatic heterocycles. The third-order valence-corrected chi connectivity index (χ3v) is 3.27. The van der Waals surface area contributed by atoms with Gasteiger partial charge in [0.15, 0.2) is 0 Å². The molecule has 1 N–H and O–H groups in total. The number of amides is 1. The first-order valence-corrected chi connectivity index (χ1v) is 6.84. The molecule has 0 aliphatic heterocycles. The molecule has 0 radical (unpaired) electrons. The highest BCUT2D eigenvalue weighted by atomic mass is 35.5. The molecule has 0 atom stereocenters. The van der Waals surface area contributed by atoms with Gasteiger partial charge in [-0.05, 0) is 32.9 Å². The number of carbonyl (C=O) groups excluding carboxylic acids is 1. The van der Waals surface area contributed by atoms with E-state index in [1.54, 1.807) is 20.0 Å². The second-order valence-corrected chi connectivity index (χ2v) is 5.24. The van der Waals surface area contributed by atoms with Gasteiger partial charge in [-0.25, -0.2) is 0 Å². The van der Waals surface area contributed by atoms with E-state index in [4.69, 9.17) is 16.3 Å². The van der Waals surface area contributed by atoms with E-state index in [9.17, 15) is 4.79 Å². The first-order valence-electron chi connectivity index (χ1n) is 6.31. The maximum Gasteiger partial charge on any atom is 0.227 e. The van der Waals surface area contributed by atoms with Gasteiger partial charge in [0.25, 0.3) is 0 Å². The van der Waals surface area contributed by atoms with E-state index in [0.717, 1.165) is 5.69 Å². The number of carbonyl (C=O) groups is 1. The van der Waals surface area contributed by atoms with Crippen molar-refractivity contribution in [3.63, 3.8) is 0 Å². The summed E-state index contributed by atoms with van der Waals surface area (Å²) in [5, 5.41) is 2.72. The summed E-state index contributed by atoms with van der Waals surface area (Å²) in [7, 11) is 0. The summed E-state index contributed by atoms with van der Waals surface area (Å²) in [4.78, 5) is 15.8. The normalized spacial score (nSPS) is 10.4. The molecule has 0 saturated carbocycles. The molecular weight excluding hydrogens is 276 g/mol. The Bertz CT molecular complexity index is 501. The highest BCUT2D eigenvalue weighted by Crippen LogP contribution is 2.16. The maximum absolute atomic E-state index is 11.7. The summed E-state index contributed by atoms with van der Waals surface area (Å²) in [6.45, 7) is 6.04. The molecule has 0 bridgehead atoms. The molecule has 0 aliphatic carbocycles. The van der Waals surface area contributed by atoms with Crippen molar-refractivity contribution in [2.45, 2.75) is 20.8 Å². The van der Waals surface area contributed by atoms with Gasteiger partial charge < -0.3 is 10.1 Å². The average Bonchev–Trinajstić information content (AvgIpc) is 2.44. The van der Waals surface area contributed by atoms with Crippen LogP contribution in [0, 0.1) is 24.2 Å². The lowest BCUT2D eigenvalue weighted by Gasteiger charge is -2.19. The molecule has 1 amide bonds. The van der Waals surface area contributed by atoms with Crippen molar-refractivity contribution < 1.29 is 9.53 Å². The van der Waals surface area contributed by atoms with Crippen LogP contribution < -0.4 is 10.1 Å². The van der Waals surface area contributed by atoms with Crippen LogP contribution in [0.4, 0.5) is 0 Å². The van der Waals surface area contributed by atoms with E-state index in [1.165, 1.54) is 0 Å². The van der Waals surface area contributed by atoms with Gasteiger partial charge in [0.05, 0.1) is 18.2 Å². The van der Waals surface area contributed by atoms with Gasteiger partial charge in [-0.1, -0.05) is 11.8 Å². The Morgan fingerprint density at radius 3 is 2.80 bits per heavy atom. The summed E-state index contributed by atoms with van der Waals surface area (Å²) in [5.74, 6) is 6.49. The summed E-state index contributed by atoms with van der Waals surface area (Å²) < 4.78 is 5.39. The van der Waals surface area contributed by atoms with Gasteiger partial charge in [0.2, 0.25) is 5.91 Å². The van der Waals surface area contributed by atoms with Crippen molar-refractivity contribution in [3.05, 3.63) is 24.0 Å². The molecule has 0 aliphatic rings. The highest BCUT2D eigenvalue weighted by molar-refractivity contribution is 6.19. The van der Waals surface area contributed by atoms with Gasteiger partial charge >= 0.3 is 0 Å². The molecule has 0 fully saturated rings. The molecule has 5 heteroatoms. The molecule has 0 spiro atoms. The van der Waals surface area contributed by atoms with Crippen LogP contribution in [0.2, 0.25) is 0 Å². The number of aryl methyl sites for hydroxylation is 1. The molecule has 20 heavy (non-hydrogen) atoms. The van der Waals surface area contributed by atoms with Crippen LogP contribution in [-0.2, 0) is 4.79 Å². The fourth-order valence-corrected chi connectivity index (χ4v) is 1.32. The smallest absolute Gasteiger partial charge is 0.227 e. The van der Waals surface area contributed by atoms with Crippen LogP contribution in [0.5, 0.6) is 5.75 Å². The largest absolute Gasteiger partial charge is 0.479 e. The minimum atomic E-state index is -0.576. The Balaban J connectivity index is 2.27. The van der Waals surface area contributed by atoms with Crippen LogP contribution in [0.25, 0.3) is 0 Å². The van der Waals surface area contributed by atoms with Crippen LogP contribution in [0.1, 0.15) is 19.5 Å². The number of nitrogens with zero attached hydrogens (tertiary/aromatic N) is 1. The number of halogens is 1. The van der Waals surface area contributed by atoms with Crippen LogP contribution in [0.3, 0.4) is 0 Å². The fraction of sp³-hybridized carbons (Fsp3) is 0.467. The van der Waals surface area contributed by atoms with Crippen LogP contribution >= 0.6 is 11.6 Å². The summed E-state index contributed by atoms with van der Waals surface area (Å²) in [5.41, 5.74) is 0.362. The zero-order valence-electron chi connectivity index (χ0n) is 12.0. The van der Waals surface area contributed by atoms with Crippen LogP contribution in [0.15, 0.2) is 18.3 Å². The predicted molar refractivity (Wildman–Crippen MR) is 79.8 cm³/mol. The van der Waals surface area contributed by atoms with Gasteiger partial charge in [-0.3, -0.25) is 9.78 Å². The number of rotatable bonds is 5. The van der Waals surface area contributed by atoms with Gasteiger partial charge in [-0.2, -0.15) is 0 Å². The van der Waals surface area contributed by atoms with Crippen molar-refractivity contribution in [1.29, 1.82) is 0 Å². The first kappa shape index (κ1) is 16.3. The van der Waals surface area contributed by atoms with Gasteiger partial charge in [0.1, 0.15) is 12.4 Å². The van der Waals surface area contributed by atoms with Crippen LogP contribution in [-0.4, -0.2) is 29.9 Å². The third-order valence-electron chi connectivity index (χ3n) is 2.61. The summed E-state index contributed by atoms with van der Waals surface area (Å²) in [6, 6.07) is 3.71. The Kier molecular flexibility index (Phi) is 6.33. The zero-order valence-corrected chi connectivity index (χ0v) is 12.8. The van der Waals surface area contributed by atoms with Crippen molar-refractivity contribution in [1.82, 2.24) is 10.3 Å². The Labute approximate surface area is 124 Å². The number of alkyl halides is 1. The van der Waals surface area contributed by atoms with Crippen molar-refractivity contribution in [2.75, 3.05) is 19.0 Å². The average molecular weight is 295 g/mol. The van der Waals surface area contributed by atoms with Gasteiger partial charge in [-0.15, -0.1) is 11.6 Å². The molecular formula is C15H19ClN2O2. The Morgan fingerprint density at radius 1 is 1.45 bits per heavy atom. The van der Waals surface area contributed by atoms with Crippen molar-refractivity contribution in [3.8, 4) is 17.6 Å². The zero-order chi connectivity index (χ0) is 15.0. The molecule has 0 unspecified atom stereocenters. The fourth-order valence-electron chi connectivity index (χ4n) is 1.20. The topological polar surface area (TPSA) is 51.2 Å². The third kappa shape index (κ3) is 5.50.